The van der Waals surface area contributed by atoms with Crippen molar-refractivity contribution in [2.75, 3.05) is 31.5 Å². The van der Waals surface area contributed by atoms with E-state index in [1.54, 1.807) is 47.2 Å². The number of piperidine rings is 2. The molecule has 3 aromatic rings. The second-order valence-corrected chi connectivity index (χ2v) is 11.1. The van der Waals surface area contributed by atoms with Gasteiger partial charge in [0.1, 0.15) is 11.9 Å². The third-order valence-electron chi connectivity index (χ3n) is 7.96. The number of benzene rings is 2. The molecule has 11 nitrogen and oxygen atoms in total. The van der Waals surface area contributed by atoms with Crippen molar-refractivity contribution in [2.45, 2.75) is 51.0 Å². The Balaban J connectivity index is 1.24. The van der Waals surface area contributed by atoms with E-state index in [-0.39, 0.29) is 30.0 Å². The minimum Gasteiger partial charge on any atom is -0.342 e. The minimum atomic E-state index is -0.987. The third kappa shape index (κ3) is 7.48. The zero-order valence-electron chi connectivity index (χ0n) is 23.8. The second kappa shape index (κ2) is 13.5. The van der Waals surface area contributed by atoms with E-state index >= 15 is 0 Å². The lowest BCUT2D eigenvalue weighted by molar-refractivity contribution is -0.140. The van der Waals surface area contributed by atoms with E-state index in [4.69, 9.17) is 0 Å². The molecule has 4 amide bonds. The lowest BCUT2D eigenvalue weighted by Crippen LogP contribution is -2.53. The van der Waals surface area contributed by atoms with E-state index < -0.39 is 12.1 Å². The van der Waals surface area contributed by atoms with Crippen molar-refractivity contribution in [3.63, 3.8) is 0 Å². The maximum absolute atomic E-state index is 13.5. The van der Waals surface area contributed by atoms with Crippen LogP contribution in [0.25, 0.3) is 11.4 Å². The van der Waals surface area contributed by atoms with Gasteiger partial charge >= 0.3 is 6.03 Å². The number of aryl methyl sites for hydroxylation is 1. The molecule has 0 unspecified atom stereocenters. The Hall–Kier alpha value is -4.35. The number of hydrogen-bond donors (Lipinski definition) is 2. The Labute approximate surface area is 244 Å². The number of carbonyl (C=O) groups is 3. The Morgan fingerprint density at radius 2 is 1.76 bits per heavy atom. The fraction of sp³-hybridized carbons (Fsp3) is 0.467. The highest BCUT2D eigenvalue weighted by Crippen LogP contribution is 2.23. The van der Waals surface area contributed by atoms with Crippen molar-refractivity contribution in [3.05, 3.63) is 59.9 Å². The number of likely N-dealkylation sites (tertiary alicyclic amines) is 2. The van der Waals surface area contributed by atoms with Gasteiger partial charge in [-0.05, 0) is 84.7 Å². The molecule has 12 heteroatoms. The summed E-state index contributed by atoms with van der Waals surface area (Å²) in [6.07, 6.45) is 5.33. The third-order valence-corrected chi connectivity index (χ3v) is 7.96. The molecule has 222 valence electrons. The lowest BCUT2D eigenvalue weighted by Gasteiger charge is -2.35. The van der Waals surface area contributed by atoms with Gasteiger partial charge in [0.15, 0.2) is 5.82 Å². The molecule has 2 fully saturated rings. The molecule has 0 spiro atoms. The number of aromatic nitrogens is 4. The number of urea groups is 1. The number of carbonyl (C=O) groups excluding carboxylic acids is 3. The van der Waals surface area contributed by atoms with Crippen molar-refractivity contribution in [1.82, 2.24) is 35.3 Å². The molecule has 2 saturated heterocycles. The maximum Gasteiger partial charge on any atom is 0.319 e. The first-order valence-electron chi connectivity index (χ1n) is 14.6. The van der Waals surface area contributed by atoms with Crippen LogP contribution in [0.15, 0.2) is 48.5 Å². The fourth-order valence-corrected chi connectivity index (χ4v) is 5.79. The molecule has 2 aliphatic heterocycles. The van der Waals surface area contributed by atoms with Gasteiger partial charge in [0, 0.05) is 44.5 Å². The van der Waals surface area contributed by atoms with Crippen LogP contribution in [0.2, 0.25) is 0 Å². The molecular weight excluding hydrogens is 539 g/mol. The van der Waals surface area contributed by atoms with Crippen LogP contribution >= 0.6 is 0 Å². The first-order chi connectivity index (χ1) is 20.4. The molecule has 0 bridgehead atoms. The molecule has 2 aromatic carbocycles. The van der Waals surface area contributed by atoms with Gasteiger partial charge in [-0.3, -0.25) is 9.59 Å². The summed E-state index contributed by atoms with van der Waals surface area (Å²) in [5.74, 6) is 0.123. The van der Waals surface area contributed by atoms with Gasteiger partial charge in [-0.2, -0.15) is 0 Å². The highest BCUT2D eigenvalue weighted by molar-refractivity contribution is 5.96. The molecule has 0 radical (unpaired) electrons. The Morgan fingerprint density at radius 1 is 1.00 bits per heavy atom. The van der Waals surface area contributed by atoms with Crippen molar-refractivity contribution in [2.24, 2.45) is 13.0 Å². The predicted octanol–water partition coefficient (Wildman–Crippen LogP) is 3.39. The molecule has 5 rings (SSSR count). The van der Waals surface area contributed by atoms with Crippen LogP contribution in [0.5, 0.6) is 0 Å². The summed E-state index contributed by atoms with van der Waals surface area (Å²) >= 11 is 0. The van der Waals surface area contributed by atoms with Crippen molar-refractivity contribution < 1.29 is 18.8 Å². The van der Waals surface area contributed by atoms with E-state index in [9.17, 15) is 18.8 Å². The first kappa shape index (κ1) is 29.2. The van der Waals surface area contributed by atoms with Gasteiger partial charge in [-0.25, -0.2) is 13.9 Å². The van der Waals surface area contributed by atoms with Crippen LogP contribution in [0, 0.1) is 11.7 Å². The summed E-state index contributed by atoms with van der Waals surface area (Å²) in [6, 6.07) is 12.0. The number of nitrogens with one attached hydrogen (secondary N) is 2. The van der Waals surface area contributed by atoms with Crippen LogP contribution in [-0.4, -0.2) is 80.1 Å². The van der Waals surface area contributed by atoms with Crippen LogP contribution < -0.4 is 10.6 Å². The zero-order chi connectivity index (χ0) is 29.5. The molecule has 1 aromatic heterocycles. The zero-order valence-corrected chi connectivity index (χ0v) is 23.8. The summed E-state index contributed by atoms with van der Waals surface area (Å²) in [7, 11) is 1.73. The Morgan fingerprint density at radius 3 is 2.50 bits per heavy atom. The van der Waals surface area contributed by atoms with E-state index in [2.05, 4.69) is 26.2 Å². The van der Waals surface area contributed by atoms with E-state index in [1.165, 1.54) is 16.8 Å². The first-order valence-corrected chi connectivity index (χ1v) is 14.6. The highest BCUT2D eigenvalue weighted by Gasteiger charge is 2.32. The normalized spacial score (nSPS) is 17.9. The van der Waals surface area contributed by atoms with Crippen molar-refractivity contribution >= 4 is 23.5 Å². The molecule has 42 heavy (non-hydrogen) atoms. The van der Waals surface area contributed by atoms with E-state index in [1.807, 2.05) is 6.07 Å². The average Bonchev–Trinajstić information content (AvgIpc) is 3.44. The van der Waals surface area contributed by atoms with Gasteiger partial charge in [-0.15, -0.1) is 5.10 Å². The van der Waals surface area contributed by atoms with E-state index in [0.717, 1.165) is 49.7 Å². The Kier molecular flexibility index (Phi) is 9.40. The standard InChI is InChI=1S/C30H37FN8O3/c1-37-28(34-35-36-37)23-8-5-9-25(18-23)32-30(42)33-26(29(41)38-14-3-2-4-15-38)19-27(40)39-16-6-7-22(20-39)17-21-10-12-24(31)13-11-21/h5,8-13,18,22,26H,2-4,6-7,14-17,19-20H2,1H3,(H2,32,33,42)/t22-,26-/m0/s1. The largest absolute Gasteiger partial charge is 0.342 e. The van der Waals surface area contributed by atoms with Gasteiger partial charge < -0.3 is 20.4 Å². The van der Waals surface area contributed by atoms with Crippen molar-refractivity contribution in [1.29, 1.82) is 0 Å². The molecule has 2 atom stereocenters. The molecule has 2 aliphatic rings. The van der Waals surface area contributed by atoms with Gasteiger partial charge in [0.2, 0.25) is 11.8 Å². The summed E-state index contributed by atoms with van der Waals surface area (Å²) in [4.78, 5) is 43.7. The number of tetrazole rings is 1. The number of hydrogen-bond acceptors (Lipinski definition) is 6. The fourth-order valence-electron chi connectivity index (χ4n) is 5.79. The summed E-state index contributed by atoms with van der Waals surface area (Å²) in [5, 5.41) is 17.1. The number of anilines is 1. The van der Waals surface area contributed by atoms with Crippen molar-refractivity contribution in [3.8, 4) is 11.4 Å². The van der Waals surface area contributed by atoms with Gasteiger partial charge in [0.05, 0.1) is 6.42 Å². The van der Waals surface area contributed by atoms with Gasteiger partial charge in [0.25, 0.3) is 0 Å². The van der Waals surface area contributed by atoms with Crippen LogP contribution in [0.4, 0.5) is 14.9 Å². The second-order valence-electron chi connectivity index (χ2n) is 11.1. The van der Waals surface area contributed by atoms with Crippen LogP contribution in [0.3, 0.4) is 0 Å². The number of nitrogens with zero attached hydrogens (tertiary/aromatic N) is 6. The molecular formula is C30H37FN8O3. The summed E-state index contributed by atoms with van der Waals surface area (Å²) in [6.45, 7) is 2.41. The minimum absolute atomic E-state index is 0.114. The average molecular weight is 577 g/mol. The predicted molar refractivity (Wildman–Crippen MR) is 155 cm³/mol. The quantitative estimate of drug-likeness (QED) is 0.424. The van der Waals surface area contributed by atoms with Crippen LogP contribution in [0.1, 0.15) is 44.1 Å². The number of halogens is 1. The molecule has 0 saturated carbocycles. The smallest absolute Gasteiger partial charge is 0.319 e. The summed E-state index contributed by atoms with van der Waals surface area (Å²) in [5.41, 5.74) is 2.26. The molecule has 0 aliphatic carbocycles. The lowest BCUT2D eigenvalue weighted by atomic mass is 9.91. The topological polar surface area (TPSA) is 125 Å². The van der Waals surface area contributed by atoms with E-state index in [0.29, 0.717) is 37.7 Å². The highest BCUT2D eigenvalue weighted by atomic mass is 19.1. The SMILES string of the molecule is Cn1nnnc1-c1cccc(NC(=O)N[C@@H](CC(=O)N2CCC[C@@H](Cc3ccc(F)cc3)C2)C(=O)N2CCCCC2)c1. The van der Waals surface area contributed by atoms with Crippen LogP contribution in [-0.2, 0) is 23.1 Å². The number of amides is 4. The molecule has 3 heterocycles. The maximum atomic E-state index is 13.5. The van der Waals surface area contributed by atoms with Gasteiger partial charge in [-0.1, -0.05) is 24.3 Å². The monoisotopic (exact) mass is 576 g/mol. The Bertz CT molecular complexity index is 1390. The molecule has 2 N–H and O–H groups in total. The summed E-state index contributed by atoms with van der Waals surface area (Å²) < 4.78 is 14.9. The number of rotatable bonds is 8.